The Bertz CT molecular complexity index is 780. The van der Waals surface area contributed by atoms with Crippen LogP contribution in [0.1, 0.15) is 29.9 Å². The molecule has 0 N–H and O–H groups in total. The zero-order valence-corrected chi connectivity index (χ0v) is 15.0. The van der Waals surface area contributed by atoms with Crippen molar-refractivity contribution in [1.82, 2.24) is 4.98 Å². The molecule has 0 bridgehead atoms. The Kier molecular flexibility index (Phi) is 5.94. The molecule has 0 radical (unpaired) electrons. The Morgan fingerprint density at radius 2 is 1.88 bits per heavy atom. The minimum atomic E-state index is -2.98. The first-order valence-corrected chi connectivity index (χ1v) is 8.71. The van der Waals surface area contributed by atoms with Crippen molar-refractivity contribution >= 4 is 29.5 Å². The number of carbonyl (C=O) groups excluding carboxylic acids is 1. The molecular weight excluding hydrogens is 387 g/mol. The van der Waals surface area contributed by atoms with Crippen molar-refractivity contribution in [2.45, 2.75) is 25.4 Å². The predicted molar refractivity (Wildman–Crippen MR) is 93.5 cm³/mol. The largest absolute Gasteiger partial charge is 0.489 e. The van der Waals surface area contributed by atoms with E-state index in [1.54, 1.807) is 0 Å². The Balaban J connectivity index is 1.96. The summed E-state index contributed by atoms with van der Waals surface area (Å²) in [6.45, 7) is -2.57. The Hall–Kier alpha value is -1.92. The van der Waals surface area contributed by atoms with Gasteiger partial charge in [-0.05, 0) is 36.5 Å². The molecule has 1 heterocycles. The lowest BCUT2D eigenvalue weighted by molar-refractivity contribution is -0.108. The second-order valence-corrected chi connectivity index (χ2v) is 6.78. The highest BCUT2D eigenvalue weighted by atomic mass is 35.5. The van der Waals surface area contributed by atoms with Gasteiger partial charge in [-0.1, -0.05) is 29.3 Å². The van der Waals surface area contributed by atoms with Crippen LogP contribution in [0.2, 0.25) is 10.0 Å². The van der Waals surface area contributed by atoms with E-state index in [1.165, 1.54) is 30.6 Å². The number of aromatic nitrogens is 1. The number of halogens is 4. The molecule has 1 unspecified atom stereocenters. The summed E-state index contributed by atoms with van der Waals surface area (Å²) in [7, 11) is 0. The van der Waals surface area contributed by atoms with Crippen molar-refractivity contribution in [3.63, 3.8) is 0 Å². The van der Waals surface area contributed by atoms with Crippen LogP contribution in [0, 0.1) is 5.92 Å². The molecular formula is C18H15Cl2F2NO3. The number of hydrogen-bond acceptors (Lipinski definition) is 4. The van der Waals surface area contributed by atoms with Gasteiger partial charge in [-0.2, -0.15) is 8.78 Å². The smallest absolute Gasteiger partial charge is 0.387 e. The van der Waals surface area contributed by atoms with Gasteiger partial charge in [0.15, 0.2) is 11.5 Å². The van der Waals surface area contributed by atoms with Gasteiger partial charge < -0.3 is 14.3 Å². The molecule has 1 atom stereocenters. The predicted octanol–water partition coefficient (Wildman–Crippen LogP) is 5.11. The van der Waals surface area contributed by atoms with Crippen LogP contribution in [0.25, 0.3) is 0 Å². The number of pyridine rings is 1. The van der Waals surface area contributed by atoms with E-state index in [4.69, 9.17) is 27.9 Å². The van der Waals surface area contributed by atoms with Crippen LogP contribution in [0.4, 0.5) is 8.78 Å². The molecule has 0 aliphatic heterocycles. The minimum absolute atomic E-state index is 0.0824. The summed E-state index contributed by atoms with van der Waals surface area (Å²) < 4.78 is 35.4. The number of aldehydes is 1. The standard InChI is InChI=1S/C18H15Cl2F2NO3/c19-13-6-23-7-14(20)17(13)12(8-24)11-3-4-15(26-18(21)22)16(5-11)25-9-10-1-2-10/h3-8,10,12,18H,1-2,9H2. The van der Waals surface area contributed by atoms with E-state index in [9.17, 15) is 13.6 Å². The SMILES string of the molecule is O=CC(c1ccc(OC(F)F)c(OCC2CC2)c1)c1c(Cl)cncc1Cl. The average molecular weight is 402 g/mol. The fraction of sp³-hybridized carbons (Fsp3) is 0.333. The third-order valence-corrected chi connectivity index (χ3v) is 4.65. The van der Waals surface area contributed by atoms with Gasteiger partial charge in [0.2, 0.25) is 0 Å². The van der Waals surface area contributed by atoms with E-state index in [0.717, 1.165) is 12.8 Å². The van der Waals surface area contributed by atoms with Crippen LogP contribution >= 0.6 is 23.2 Å². The van der Waals surface area contributed by atoms with Crippen molar-refractivity contribution in [3.8, 4) is 11.5 Å². The molecule has 0 saturated heterocycles. The van der Waals surface area contributed by atoms with E-state index in [2.05, 4.69) is 9.72 Å². The lowest BCUT2D eigenvalue weighted by Gasteiger charge is -2.18. The number of benzene rings is 1. The van der Waals surface area contributed by atoms with Gasteiger partial charge in [0, 0.05) is 18.0 Å². The minimum Gasteiger partial charge on any atom is -0.489 e. The highest BCUT2D eigenvalue weighted by molar-refractivity contribution is 6.36. The molecule has 26 heavy (non-hydrogen) atoms. The zero-order chi connectivity index (χ0) is 18.7. The molecule has 1 saturated carbocycles. The molecule has 0 amide bonds. The van der Waals surface area contributed by atoms with Gasteiger partial charge in [-0.15, -0.1) is 0 Å². The van der Waals surface area contributed by atoms with Crippen LogP contribution in [-0.2, 0) is 4.79 Å². The first-order chi connectivity index (χ1) is 12.5. The second kappa shape index (κ2) is 8.18. The molecule has 4 nitrogen and oxygen atoms in total. The fourth-order valence-electron chi connectivity index (χ4n) is 2.55. The highest BCUT2D eigenvalue weighted by Crippen LogP contribution is 2.39. The van der Waals surface area contributed by atoms with Gasteiger partial charge >= 0.3 is 6.61 Å². The second-order valence-electron chi connectivity index (χ2n) is 5.97. The summed E-state index contributed by atoms with van der Waals surface area (Å²) in [6, 6.07) is 4.36. The van der Waals surface area contributed by atoms with Crippen molar-refractivity contribution in [3.05, 3.63) is 51.8 Å². The summed E-state index contributed by atoms with van der Waals surface area (Å²) in [5.74, 6) is -0.297. The number of hydrogen-bond donors (Lipinski definition) is 0. The maximum absolute atomic E-state index is 12.6. The number of nitrogens with zero attached hydrogens (tertiary/aromatic N) is 1. The average Bonchev–Trinajstić information content (AvgIpc) is 3.41. The first kappa shape index (κ1) is 18.9. The Labute approximate surface area is 159 Å². The van der Waals surface area contributed by atoms with Gasteiger partial charge in [0.1, 0.15) is 6.29 Å². The number of carbonyl (C=O) groups is 1. The zero-order valence-electron chi connectivity index (χ0n) is 13.5. The fourth-order valence-corrected chi connectivity index (χ4v) is 3.15. The van der Waals surface area contributed by atoms with E-state index < -0.39 is 12.5 Å². The number of alkyl halides is 2. The molecule has 8 heteroatoms. The maximum Gasteiger partial charge on any atom is 0.387 e. The van der Waals surface area contributed by atoms with E-state index in [0.29, 0.717) is 29.9 Å². The molecule has 0 spiro atoms. The van der Waals surface area contributed by atoms with E-state index in [-0.39, 0.29) is 21.5 Å². The molecule has 1 aromatic carbocycles. The quantitative estimate of drug-likeness (QED) is 0.576. The topological polar surface area (TPSA) is 48.4 Å². The molecule has 138 valence electrons. The maximum atomic E-state index is 12.6. The van der Waals surface area contributed by atoms with Crippen molar-refractivity contribution in [2.24, 2.45) is 5.92 Å². The number of rotatable bonds is 8. The monoisotopic (exact) mass is 401 g/mol. The molecule has 1 fully saturated rings. The van der Waals surface area contributed by atoms with Crippen molar-refractivity contribution in [2.75, 3.05) is 6.61 Å². The van der Waals surface area contributed by atoms with Crippen LogP contribution in [0.3, 0.4) is 0 Å². The van der Waals surface area contributed by atoms with E-state index in [1.807, 2.05) is 0 Å². The normalized spacial score (nSPS) is 15.0. The van der Waals surface area contributed by atoms with Gasteiger partial charge in [-0.25, -0.2) is 0 Å². The lowest BCUT2D eigenvalue weighted by atomic mass is 9.93. The lowest BCUT2D eigenvalue weighted by Crippen LogP contribution is -2.09. The third-order valence-electron chi connectivity index (χ3n) is 4.05. The summed E-state index contributed by atoms with van der Waals surface area (Å²) in [4.78, 5) is 15.6. The van der Waals surface area contributed by atoms with Gasteiger partial charge in [0.05, 0.1) is 22.6 Å². The number of ether oxygens (including phenoxy) is 2. The van der Waals surface area contributed by atoms with Gasteiger partial charge in [0.25, 0.3) is 0 Å². The summed E-state index contributed by atoms with van der Waals surface area (Å²) in [5, 5.41) is 0.478. The highest BCUT2D eigenvalue weighted by Gasteiger charge is 2.25. The van der Waals surface area contributed by atoms with Crippen LogP contribution in [-0.4, -0.2) is 24.5 Å². The van der Waals surface area contributed by atoms with Crippen LogP contribution in [0.15, 0.2) is 30.6 Å². The molecule has 2 aromatic rings. The van der Waals surface area contributed by atoms with Crippen LogP contribution < -0.4 is 9.47 Å². The van der Waals surface area contributed by atoms with Gasteiger partial charge in [-0.3, -0.25) is 4.98 Å². The third kappa shape index (κ3) is 4.43. The van der Waals surface area contributed by atoms with Crippen molar-refractivity contribution in [1.29, 1.82) is 0 Å². The summed E-state index contributed by atoms with van der Waals surface area (Å²) in [5.41, 5.74) is 0.899. The first-order valence-electron chi connectivity index (χ1n) is 7.95. The Morgan fingerprint density at radius 1 is 1.19 bits per heavy atom. The van der Waals surface area contributed by atoms with Crippen LogP contribution in [0.5, 0.6) is 11.5 Å². The summed E-state index contributed by atoms with van der Waals surface area (Å²) >= 11 is 12.3. The molecule has 1 aromatic heterocycles. The molecule has 3 rings (SSSR count). The Morgan fingerprint density at radius 3 is 2.46 bits per heavy atom. The molecule has 1 aliphatic carbocycles. The summed E-state index contributed by atoms with van der Waals surface area (Å²) in [6.07, 6.45) is 5.55. The van der Waals surface area contributed by atoms with Crippen molar-refractivity contribution < 1.29 is 23.0 Å². The molecule has 1 aliphatic rings. The van der Waals surface area contributed by atoms with E-state index >= 15 is 0 Å².